The zero-order valence-corrected chi connectivity index (χ0v) is 12.9. The van der Waals surface area contributed by atoms with Crippen LogP contribution in [0.25, 0.3) is 0 Å². The first-order valence-corrected chi connectivity index (χ1v) is 8.03. The average Bonchev–Trinajstić information content (AvgIpc) is 3.07. The topological polar surface area (TPSA) is 58.2 Å². The lowest BCUT2D eigenvalue weighted by Crippen LogP contribution is -2.35. The molecular formula is C16H28N2O2. The Hall–Kier alpha value is -0.740. The number of rotatable bonds is 6. The standard InChI is InChI=1S/C16H28N2O2/c1-10(2)15(19)14-8-12(9-18-14)7-11(3)16(20)13-5-4-6-17-13/h10-14,17-18H,4-9H2,1-3H3/t11?,12?,13-,14?/m1/s1. The van der Waals surface area contributed by atoms with E-state index in [4.69, 9.17) is 0 Å². The van der Waals surface area contributed by atoms with E-state index in [1.165, 1.54) is 0 Å². The molecule has 4 heteroatoms. The third kappa shape index (κ3) is 3.67. The van der Waals surface area contributed by atoms with Crippen molar-refractivity contribution in [1.29, 1.82) is 0 Å². The first-order chi connectivity index (χ1) is 9.49. The van der Waals surface area contributed by atoms with Gasteiger partial charge in [-0.1, -0.05) is 20.8 Å². The van der Waals surface area contributed by atoms with Crippen LogP contribution in [-0.2, 0) is 9.59 Å². The van der Waals surface area contributed by atoms with Crippen LogP contribution >= 0.6 is 0 Å². The van der Waals surface area contributed by atoms with E-state index in [0.29, 0.717) is 17.5 Å². The number of carbonyl (C=O) groups is 2. The van der Waals surface area contributed by atoms with E-state index in [1.807, 2.05) is 20.8 Å². The molecule has 0 aliphatic carbocycles. The van der Waals surface area contributed by atoms with E-state index in [-0.39, 0.29) is 23.9 Å². The fourth-order valence-corrected chi connectivity index (χ4v) is 3.49. The minimum atomic E-state index is 0.00640. The quantitative estimate of drug-likeness (QED) is 0.775. The summed E-state index contributed by atoms with van der Waals surface area (Å²) in [7, 11) is 0. The van der Waals surface area contributed by atoms with E-state index < -0.39 is 0 Å². The number of carbonyl (C=O) groups excluding carboxylic acids is 2. The molecule has 2 aliphatic rings. The van der Waals surface area contributed by atoms with Gasteiger partial charge in [-0.25, -0.2) is 0 Å². The highest BCUT2D eigenvalue weighted by Crippen LogP contribution is 2.25. The maximum absolute atomic E-state index is 12.3. The molecule has 0 amide bonds. The molecule has 0 aromatic carbocycles. The Kier molecular flexibility index (Phi) is 5.33. The Morgan fingerprint density at radius 1 is 1.10 bits per heavy atom. The lowest BCUT2D eigenvalue weighted by molar-refractivity contribution is -0.124. The molecule has 0 aromatic heterocycles. The van der Waals surface area contributed by atoms with Gasteiger partial charge in [-0.05, 0) is 44.7 Å². The van der Waals surface area contributed by atoms with Crippen molar-refractivity contribution in [2.24, 2.45) is 17.8 Å². The molecule has 0 spiro atoms. The van der Waals surface area contributed by atoms with E-state index in [9.17, 15) is 9.59 Å². The summed E-state index contributed by atoms with van der Waals surface area (Å²) in [6.07, 6.45) is 3.90. The maximum Gasteiger partial charge on any atom is 0.152 e. The van der Waals surface area contributed by atoms with Crippen LogP contribution in [0.3, 0.4) is 0 Å². The highest BCUT2D eigenvalue weighted by atomic mass is 16.1. The fraction of sp³-hybridized carbons (Fsp3) is 0.875. The first-order valence-electron chi connectivity index (χ1n) is 8.03. The summed E-state index contributed by atoms with van der Waals surface area (Å²) in [5, 5.41) is 6.61. The summed E-state index contributed by atoms with van der Waals surface area (Å²) in [5.41, 5.74) is 0. The van der Waals surface area contributed by atoms with Crippen LogP contribution in [0, 0.1) is 17.8 Å². The van der Waals surface area contributed by atoms with Crippen LogP contribution in [0.15, 0.2) is 0 Å². The van der Waals surface area contributed by atoms with E-state index in [1.54, 1.807) is 0 Å². The van der Waals surface area contributed by atoms with E-state index in [0.717, 1.165) is 38.8 Å². The summed E-state index contributed by atoms with van der Waals surface area (Å²) in [6, 6.07) is 0.0827. The molecule has 2 fully saturated rings. The lowest BCUT2D eigenvalue weighted by atomic mass is 9.87. The van der Waals surface area contributed by atoms with Crippen molar-refractivity contribution in [1.82, 2.24) is 10.6 Å². The van der Waals surface area contributed by atoms with Crippen molar-refractivity contribution < 1.29 is 9.59 Å². The third-order valence-electron chi connectivity index (χ3n) is 4.71. The van der Waals surface area contributed by atoms with Crippen LogP contribution in [0.1, 0.15) is 46.5 Å². The fourth-order valence-electron chi connectivity index (χ4n) is 3.49. The van der Waals surface area contributed by atoms with Gasteiger partial charge in [0.2, 0.25) is 0 Å². The molecule has 0 radical (unpaired) electrons. The van der Waals surface area contributed by atoms with Gasteiger partial charge in [-0.2, -0.15) is 0 Å². The molecule has 4 nitrogen and oxygen atoms in total. The van der Waals surface area contributed by atoms with Gasteiger partial charge in [0.25, 0.3) is 0 Å². The molecule has 4 atom stereocenters. The van der Waals surface area contributed by atoms with E-state index in [2.05, 4.69) is 10.6 Å². The average molecular weight is 280 g/mol. The number of ketones is 2. The number of Topliss-reactive ketones (excluding diaryl/α,β-unsaturated/α-hetero) is 2. The normalized spacial score (nSPS) is 31.7. The summed E-state index contributed by atoms with van der Waals surface area (Å²) >= 11 is 0. The van der Waals surface area contributed by atoms with Gasteiger partial charge in [0, 0.05) is 11.8 Å². The Labute approximate surface area is 122 Å². The molecule has 2 aliphatic heterocycles. The Morgan fingerprint density at radius 3 is 2.45 bits per heavy atom. The molecule has 2 saturated heterocycles. The highest BCUT2D eigenvalue weighted by Gasteiger charge is 2.33. The van der Waals surface area contributed by atoms with Gasteiger partial charge in [-0.3, -0.25) is 9.59 Å². The van der Waals surface area contributed by atoms with Gasteiger partial charge in [0.1, 0.15) is 0 Å². The van der Waals surface area contributed by atoms with Crippen molar-refractivity contribution >= 4 is 11.6 Å². The molecule has 0 aromatic rings. The SMILES string of the molecule is CC(C)C(=O)C1CC(CC(C)C(=O)[C@H]2CCCN2)CN1. The van der Waals surface area contributed by atoms with Crippen LogP contribution in [0.4, 0.5) is 0 Å². The predicted octanol–water partition coefficient (Wildman–Crippen LogP) is 1.54. The van der Waals surface area contributed by atoms with Crippen molar-refractivity contribution in [2.75, 3.05) is 13.1 Å². The monoisotopic (exact) mass is 280 g/mol. The number of nitrogens with one attached hydrogen (secondary N) is 2. The summed E-state index contributed by atoms with van der Waals surface area (Å²) in [6.45, 7) is 7.79. The van der Waals surface area contributed by atoms with Crippen molar-refractivity contribution in [3.05, 3.63) is 0 Å². The van der Waals surface area contributed by atoms with Gasteiger partial charge in [0.15, 0.2) is 11.6 Å². The summed E-state index contributed by atoms with van der Waals surface area (Å²) in [5.74, 6) is 1.33. The minimum absolute atomic E-state index is 0.00640. The van der Waals surface area contributed by atoms with Gasteiger partial charge < -0.3 is 10.6 Å². The molecule has 2 heterocycles. The maximum atomic E-state index is 12.3. The minimum Gasteiger partial charge on any atom is -0.307 e. The molecular weight excluding hydrogens is 252 g/mol. The van der Waals surface area contributed by atoms with Crippen molar-refractivity contribution in [3.8, 4) is 0 Å². The van der Waals surface area contributed by atoms with Crippen LogP contribution in [0.5, 0.6) is 0 Å². The Balaban J connectivity index is 1.79. The van der Waals surface area contributed by atoms with Gasteiger partial charge >= 0.3 is 0 Å². The second-order valence-electron chi connectivity index (χ2n) is 6.81. The Bertz CT molecular complexity index is 361. The molecule has 3 unspecified atom stereocenters. The molecule has 2 rings (SSSR count). The lowest BCUT2D eigenvalue weighted by Gasteiger charge is -2.18. The number of hydrogen-bond acceptors (Lipinski definition) is 4. The summed E-state index contributed by atoms with van der Waals surface area (Å²) < 4.78 is 0. The largest absolute Gasteiger partial charge is 0.307 e. The third-order valence-corrected chi connectivity index (χ3v) is 4.71. The smallest absolute Gasteiger partial charge is 0.152 e. The molecule has 20 heavy (non-hydrogen) atoms. The van der Waals surface area contributed by atoms with Crippen molar-refractivity contribution in [3.63, 3.8) is 0 Å². The zero-order chi connectivity index (χ0) is 14.7. The van der Waals surface area contributed by atoms with Crippen molar-refractivity contribution in [2.45, 2.75) is 58.5 Å². The van der Waals surface area contributed by atoms with Gasteiger partial charge in [-0.15, -0.1) is 0 Å². The zero-order valence-electron chi connectivity index (χ0n) is 12.9. The highest BCUT2D eigenvalue weighted by molar-refractivity contribution is 5.87. The molecule has 2 N–H and O–H groups in total. The van der Waals surface area contributed by atoms with Crippen LogP contribution < -0.4 is 10.6 Å². The van der Waals surface area contributed by atoms with E-state index >= 15 is 0 Å². The van der Waals surface area contributed by atoms with Gasteiger partial charge in [0.05, 0.1) is 12.1 Å². The van der Waals surface area contributed by atoms with Crippen LogP contribution in [-0.4, -0.2) is 36.7 Å². The second kappa shape index (κ2) is 6.81. The second-order valence-corrected chi connectivity index (χ2v) is 6.81. The van der Waals surface area contributed by atoms with Crippen LogP contribution in [0.2, 0.25) is 0 Å². The first kappa shape index (κ1) is 15.6. The molecule has 0 bridgehead atoms. The number of hydrogen-bond donors (Lipinski definition) is 2. The molecule has 0 saturated carbocycles. The Morgan fingerprint density at radius 2 is 1.85 bits per heavy atom. The predicted molar refractivity (Wildman–Crippen MR) is 79.6 cm³/mol. The molecule has 114 valence electrons. The summed E-state index contributed by atoms with van der Waals surface area (Å²) in [4.78, 5) is 24.3.